The average molecular weight is 299 g/mol. The molecule has 1 atom stereocenters. The van der Waals surface area contributed by atoms with Crippen LogP contribution in [0.25, 0.3) is 0 Å². The Labute approximate surface area is 128 Å². The van der Waals surface area contributed by atoms with Crippen LogP contribution >= 0.6 is 0 Å². The molecule has 0 aliphatic carbocycles. The molecule has 0 bridgehead atoms. The van der Waals surface area contributed by atoms with Gasteiger partial charge >= 0.3 is 5.97 Å². The molecule has 0 radical (unpaired) electrons. The van der Waals surface area contributed by atoms with E-state index in [9.17, 15) is 14.7 Å². The number of amides is 1. The summed E-state index contributed by atoms with van der Waals surface area (Å²) in [4.78, 5) is 23.5. The summed E-state index contributed by atoms with van der Waals surface area (Å²) in [5.74, 6) is -1.63. The standard InChI is InChI=1S/C17H17NO4/c1-22-14-9-5-8-13(10-14)18-16(19)11-15(17(20)21)12-6-3-2-4-7-12/h2-10,15H,11H2,1H3,(H,18,19)(H,20,21). The van der Waals surface area contributed by atoms with E-state index >= 15 is 0 Å². The maximum absolute atomic E-state index is 12.1. The first-order chi connectivity index (χ1) is 10.6. The van der Waals surface area contributed by atoms with Gasteiger partial charge in [0.05, 0.1) is 13.0 Å². The zero-order chi connectivity index (χ0) is 15.9. The normalized spacial score (nSPS) is 11.5. The van der Waals surface area contributed by atoms with Gasteiger partial charge in [-0.3, -0.25) is 9.59 Å². The van der Waals surface area contributed by atoms with Crippen LogP contribution in [-0.4, -0.2) is 24.1 Å². The number of anilines is 1. The lowest BCUT2D eigenvalue weighted by Gasteiger charge is -2.13. The molecule has 5 heteroatoms. The molecule has 1 amide bonds. The number of hydrogen-bond donors (Lipinski definition) is 2. The lowest BCUT2D eigenvalue weighted by atomic mass is 9.95. The Morgan fingerprint density at radius 1 is 1.14 bits per heavy atom. The van der Waals surface area contributed by atoms with Crippen molar-refractivity contribution >= 4 is 17.6 Å². The predicted molar refractivity (Wildman–Crippen MR) is 83.1 cm³/mol. The molecule has 2 aromatic rings. The Balaban J connectivity index is 2.07. The van der Waals surface area contributed by atoms with E-state index in [1.165, 1.54) is 7.11 Å². The van der Waals surface area contributed by atoms with Gasteiger partial charge in [0.15, 0.2) is 0 Å². The number of nitrogens with one attached hydrogen (secondary N) is 1. The summed E-state index contributed by atoms with van der Waals surface area (Å²) in [5.41, 5.74) is 1.18. The summed E-state index contributed by atoms with van der Waals surface area (Å²) in [5, 5.41) is 12.0. The van der Waals surface area contributed by atoms with Crippen molar-refractivity contribution in [1.82, 2.24) is 0 Å². The Morgan fingerprint density at radius 2 is 1.86 bits per heavy atom. The Morgan fingerprint density at radius 3 is 2.50 bits per heavy atom. The number of aliphatic carboxylic acids is 1. The fourth-order valence-corrected chi connectivity index (χ4v) is 2.13. The smallest absolute Gasteiger partial charge is 0.311 e. The van der Waals surface area contributed by atoms with Crippen LogP contribution in [0.5, 0.6) is 5.75 Å². The maximum atomic E-state index is 12.1. The van der Waals surface area contributed by atoms with Gasteiger partial charge in [-0.15, -0.1) is 0 Å². The minimum atomic E-state index is -1.02. The van der Waals surface area contributed by atoms with Crippen LogP contribution in [0.1, 0.15) is 17.9 Å². The van der Waals surface area contributed by atoms with Crippen molar-refractivity contribution in [2.24, 2.45) is 0 Å². The van der Waals surface area contributed by atoms with E-state index in [1.807, 2.05) is 0 Å². The lowest BCUT2D eigenvalue weighted by Crippen LogP contribution is -2.20. The minimum Gasteiger partial charge on any atom is -0.497 e. The molecule has 1 unspecified atom stereocenters. The minimum absolute atomic E-state index is 0.128. The zero-order valence-electron chi connectivity index (χ0n) is 12.2. The van der Waals surface area contributed by atoms with E-state index in [4.69, 9.17) is 4.74 Å². The van der Waals surface area contributed by atoms with Crippen molar-refractivity contribution in [3.05, 3.63) is 60.2 Å². The highest BCUT2D eigenvalue weighted by molar-refractivity contribution is 5.94. The first kappa shape index (κ1) is 15.6. The number of methoxy groups -OCH3 is 1. The SMILES string of the molecule is COc1cccc(NC(=O)CC(C(=O)O)c2ccccc2)c1. The average Bonchev–Trinajstić information content (AvgIpc) is 2.53. The second-order valence-corrected chi connectivity index (χ2v) is 4.79. The van der Waals surface area contributed by atoms with Gasteiger partial charge in [0.2, 0.25) is 5.91 Å². The quantitative estimate of drug-likeness (QED) is 0.860. The van der Waals surface area contributed by atoms with Crippen molar-refractivity contribution in [1.29, 1.82) is 0 Å². The Hall–Kier alpha value is -2.82. The van der Waals surface area contributed by atoms with Crippen LogP contribution in [-0.2, 0) is 9.59 Å². The molecular formula is C17H17NO4. The molecule has 0 saturated carbocycles. The van der Waals surface area contributed by atoms with Crippen LogP contribution in [0.3, 0.4) is 0 Å². The van der Waals surface area contributed by atoms with Gasteiger partial charge in [-0.25, -0.2) is 0 Å². The summed E-state index contributed by atoms with van der Waals surface area (Å²) in [6, 6.07) is 15.6. The highest BCUT2D eigenvalue weighted by Gasteiger charge is 2.23. The van der Waals surface area contributed by atoms with Gasteiger partial charge in [-0.1, -0.05) is 36.4 Å². The van der Waals surface area contributed by atoms with Crippen LogP contribution in [0.2, 0.25) is 0 Å². The maximum Gasteiger partial charge on any atom is 0.311 e. The molecule has 0 saturated heterocycles. The van der Waals surface area contributed by atoms with Crippen LogP contribution < -0.4 is 10.1 Å². The van der Waals surface area contributed by atoms with Crippen molar-refractivity contribution in [2.45, 2.75) is 12.3 Å². The fraction of sp³-hybridized carbons (Fsp3) is 0.176. The molecule has 0 aliphatic heterocycles. The van der Waals surface area contributed by atoms with Gasteiger partial charge in [0.25, 0.3) is 0 Å². The molecule has 0 heterocycles. The molecule has 114 valence electrons. The fourth-order valence-electron chi connectivity index (χ4n) is 2.13. The van der Waals surface area contributed by atoms with E-state index in [2.05, 4.69) is 5.32 Å². The third-order valence-corrected chi connectivity index (χ3v) is 3.24. The molecule has 22 heavy (non-hydrogen) atoms. The molecule has 5 nitrogen and oxygen atoms in total. The molecule has 0 fully saturated rings. The van der Waals surface area contributed by atoms with Gasteiger partial charge in [-0.2, -0.15) is 0 Å². The van der Waals surface area contributed by atoms with Gasteiger partial charge in [0, 0.05) is 18.2 Å². The van der Waals surface area contributed by atoms with Crippen molar-refractivity contribution in [3.8, 4) is 5.75 Å². The van der Waals surface area contributed by atoms with Gasteiger partial charge in [-0.05, 0) is 17.7 Å². The Kier molecular flexibility index (Phi) is 5.14. The van der Waals surface area contributed by atoms with E-state index in [1.54, 1.807) is 54.6 Å². The van der Waals surface area contributed by atoms with Crippen molar-refractivity contribution < 1.29 is 19.4 Å². The second-order valence-electron chi connectivity index (χ2n) is 4.79. The van der Waals surface area contributed by atoms with Crippen LogP contribution in [0.15, 0.2) is 54.6 Å². The highest BCUT2D eigenvalue weighted by atomic mass is 16.5. The van der Waals surface area contributed by atoms with Crippen molar-refractivity contribution in [3.63, 3.8) is 0 Å². The Bertz CT molecular complexity index is 655. The van der Waals surface area contributed by atoms with E-state index in [-0.39, 0.29) is 12.3 Å². The predicted octanol–water partition coefficient (Wildman–Crippen LogP) is 2.89. The van der Waals surface area contributed by atoms with E-state index in [0.717, 1.165) is 0 Å². The van der Waals surface area contributed by atoms with Gasteiger partial charge < -0.3 is 15.2 Å². The monoisotopic (exact) mass is 299 g/mol. The summed E-state index contributed by atoms with van der Waals surface area (Å²) in [6.45, 7) is 0. The number of carboxylic acids is 1. The number of carbonyl (C=O) groups is 2. The first-order valence-electron chi connectivity index (χ1n) is 6.82. The number of benzene rings is 2. The van der Waals surface area contributed by atoms with E-state index in [0.29, 0.717) is 17.0 Å². The largest absolute Gasteiger partial charge is 0.497 e. The molecule has 0 aliphatic rings. The third-order valence-electron chi connectivity index (χ3n) is 3.24. The number of hydrogen-bond acceptors (Lipinski definition) is 3. The molecule has 2 N–H and O–H groups in total. The molecule has 0 aromatic heterocycles. The molecule has 2 aromatic carbocycles. The number of carbonyl (C=O) groups excluding carboxylic acids is 1. The summed E-state index contributed by atoms with van der Waals surface area (Å²) < 4.78 is 5.08. The summed E-state index contributed by atoms with van der Waals surface area (Å²) >= 11 is 0. The second kappa shape index (κ2) is 7.26. The summed E-state index contributed by atoms with van der Waals surface area (Å²) in [6.07, 6.45) is -0.128. The van der Waals surface area contributed by atoms with Crippen LogP contribution in [0.4, 0.5) is 5.69 Å². The number of rotatable bonds is 6. The number of ether oxygens (including phenoxy) is 1. The summed E-state index contributed by atoms with van der Waals surface area (Å²) in [7, 11) is 1.54. The highest BCUT2D eigenvalue weighted by Crippen LogP contribution is 2.22. The van der Waals surface area contributed by atoms with Gasteiger partial charge in [0.1, 0.15) is 5.75 Å². The molecular weight excluding hydrogens is 282 g/mol. The number of carboxylic acid groups (broad SMARTS) is 1. The topological polar surface area (TPSA) is 75.6 Å². The lowest BCUT2D eigenvalue weighted by molar-refractivity contribution is -0.140. The molecule has 2 rings (SSSR count). The first-order valence-corrected chi connectivity index (χ1v) is 6.82. The molecule has 0 spiro atoms. The van der Waals surface area contributed by atoms with Crippen LogP contribution in [0, 0.1) is 0 Å². The van der Waals surface area contributed by atoms with E-state index < -0.39 is 11.9 Å². The third kappa shape index (κ3) is 4.09. The van der Waals surface area contributed by atoms with Crippen molar-refractivity contribution in [2.75, 3.05) is 12.4 Å². The zero-order valence-corrected chi connectivity index (χ0v) is 12.2.